The quantitative estimate of drug-likeness (QED) is 0.435. The van der Waals surface area contributed by atoms with Gasteiger partial charge in [0.25, 0.3) is 0 Å². The van der Waals surface area contributed by atoms with E-state index in [2.05, 4.69) is 0 Å². The van der Waals surface area contributed by atoms with Crippen LogP contribution in [0.15, 0.2) is 0 Å². The number of rotatable bonds is 2. The van der Waals surface area contributed by atoms with E-state index in [-0.39, 0.29) is 20.7 Å². The van der Waals surface area contributed by atoms with Crippen molar-refractivity contribution in [2.24, 2.45) is 5.73 Å². The van der Waals surface area contributed by atoms with Crippen LogP contribution in [-0.2, 0) is 0 Å². The summed E-state index contributed by atoms with van der Waals surface area (Å²) in [4.78, 5) is 0. The van der Waals surface area contributed by atoms with Crippen LogP contribution >= 0.6 is 0 Å². The average molecular weight is 140 g/mol. The van der Waals surface area contributed by atoms with Gasteiger partial charge in [0.1, 0.15) is 0 Å². The van der Waals surface area contributed by atoms with E-state index < -0.39 is 6.43 Å². The van der Waals surface area contributed by atoms with Crippen molar-refractivity contribution in [2.45, 2.75) is 12.8 Å². The highest BCUT2D eigenvalue weighted by atomic mass is 19.3. The van der Waals surface area contributed by atoms with Gasteiger partial charge in [0, 0.05) is 6.42 Å². The second-order valence-corrected chi connectivity index (χ2v) is 1.08. The Labute approximate surface area is 52.8 Å². The fourth-order valence-corrected chi connectivity index (χ4v) is 0.126. The molecule has 0 aromatic carbocycles. The fraction of sp³-hybridized carbons (Fsp3) is 1.00. The number of halogens is 2. The summed E-state index contributed by atoms with van der Waals surface area (Å²) in [7, 11) is 0. The van der Waals surface area contributed by atoms with Crippen molar-refractivity contribution in [3.8, 4) is 0 Å². The molecular weight excluding hydrogens is 131 g/mol. The summed E-state index contributed by atoms with van der Waals surface area (Å²) in [6, 6.07) is 0. The Hall–Kier alpha value is -0.195. The summed E-state index contributed by atoms with van der Waals surface area (Å²) in [6.45, 7) is 0.0810. The van der Waals surface area contributed by atoms with Gasteiger partial charge in [-0.3, -0.25) is 0 Å². The van der Waals surface area contributed by atoms with Gasteiger partial charge >= 0.3 is 7.69 Å². The molecule has 3 nitrogen and oxygen atoms in total. The van der Waals surface area contributed by atoms with Crippen LogP contribution in [0.4, 0.5) is 8.78 Å². The van der Waals surface area contributed by atoms with E-state index in [0.29, 0.717) is 0 Å². The molecule has 0 rings (SSSR count). The highest BCUT2D eigenvalue weighted by molar-refractivity contribution is 6.13. The van der Waals surface area contributed by atoms with E-state index in [1.807, 2.05) is 0 Å². The van der Waals surface area contributed by atoms with Crippen molar-refractivity contribution in [1.82, 2.24) is 0 Å². The first-order chi connectivity index (χ1) is 4.18. The molecule has 0 heterocycles. The molecule has 0 atom stereocenters. The predicted molar refractivity (Wildman–Crippen MR) is 29.9 cm³/mol. The maximum atomic E-state index is 11.0. The van der Waals surface area contributed by atoms with E-state index in [1.165, 1.54) is 0 Å². The maximum Gasteiger partial charge on any atom is 0.482 e. The van der Waals surface area contributed by atoms with Gasteiger partial charge in [-0.05, 0) is 6.54 Å². The molecule has 0 aliphatic carbocycles. The lowest BCUT2D eigenvalue weighted by Gasteiger charge is -1.88. The molecule has 0 spiro atoms. The van der Waals surface area contributed by atoms with E-state index in [9.17, 15) is 8.78 Å². The number of alkyl halides is 2. The summed E-state index contributed by atoms with van der Waals surface area (Å²) >= 11 is 0. The second kappa shape index (κ2) is 10.7. The van der Waals surface area contributed by atoms with E-state index in [0.717, 1.165) is 0 Å². The SMILES string of the molecule is NCCC(F)F.O[B]O. The predicted octanol–water partition coefficient (Wildman–Crippen LogP) is -0.895. The molecule has 0 fully saturated rings. The Kier molecular flexibility index (Phi) is 13.8. The molecule has 0 saturated carbocycles. The minimum atomic E-state index is -2.23. The van der Waals surface area contributed by atoms with Gasteiger partial charge in [-0.1, -0.05) is 0 Å². The molecule has 0 aliphatic heterocycles. The van der Waals surface area contributed by atoms with E-state index >= 15 is 0 Å². The lowest BCUT2D eigenvalue weighted by molar-refractivity contribution is 0.140. The Balaban J connectivity index is 0. The first-order valence-corrected chi connectivity index (χ1v) is 2.27. The van der Waals surface area contributed by atoms with Crippen molar-refractivity contribution in [3.05, 3.63) is 0 Å². The molecule has 0 saturated heterocycles. The Morgan fingerprint density at radius 3 is 1.78 bits per heavy atom. The second-order valence-electron chi connectivity index (χ2n) is 1.08. The van der Waals surface area contributed by atoms with Crippen LogP contribution in [0.25, 0.3) is 0 Å². The number of hydrogen-bond acceptors (Lipinski definition) is 3. The van der Waals surface area contributed by atoms with Gasteiger partial charge in [0.15, 0.2) is 0 Å². The van der Waals surface area contributed by atoms with Crippen LogP contribution in [0.1, 0.15) is 6.42 Å². The van der Waals surface area contributed by atoms with Crippen molar-refractivity contribution in [3.63, 3.8) is 0 Å². The molecular formula is C3H9BF2NO2. The lowest BCUT2D eigenvalue weighted by Crippen LogP contribution is -2.03. The minimum Gasteiger partial charge on any atom is -0.429 e. The van der Waals surface area contributed by atoms with Gasteiger partial charge in [-0.15, -0.1) is 0 Å². The zero-order chi connectivity index (χ0) is 7.70. The van der Waals surface area contributed by atoms with Crippen molar-refractivity contribution in [2.75, 3.05) is 6.54 Å². The molecule has 0 aromatic rings. The van der Waals surface area contributed by atoms with Crippen LogP contribution in [0.2, 0.25) is 0 Å². The van der Waals surface area contributed by atoms with Crippen molar-refractivity contribution >= 4 is 7.69 Å². The normalized spacial score (nSPS) is 8.22. The molecule has 0 aliphatic rings. The lowest BCUT2D eigenvalue weighted by atomic mass is 10.5. The first-order valence-electron chi connectivity index (χ1n) is 2.27. The fourth-order valence-electron chi connectivity index (χ4n) is 0.126. The zero-order valence-corrected chi connectivity index (χ0v) is 4.80. The van der Waals surface area contributed by atoms with Crippen LogP contribution in [0, 0.1) is 0 Å². The number of nitrogens with two attached hydrogens (primary N) is 1. The third-order valence-electron chi connectivity index (χ3n) is 0.385. The summed E-state index contributed by atoms with van der Waals surface area (Å²) < 4.78 is 21.9. The molecule has 4 N–H and O–H groups in total. The Morgan fingerprint density at radius 2 is 1.78 bits per heavy atom. The maximum absolute atomic E-state index is 11.0. The third kappa shape index (κ3) is 33.4. The van der Waals surface area contributed by atoms with Crippen molar-refractivity contribution in [1.29, 1.82) is 0 Å². The van der Waals surface area contributed by atoms with Gasteiger partial charge < -0.3 is 15.8 Å². The van der Waals surface area contributed by atoms with Gasteiger partial charge in [0.05, 0.1) is 0 Å². The summed E-state index contributed by atoms with van der Waals surface area (Å²) in [5.41, 5.74) is 4.75. The summed E-state index contributed by atoms with van der Waals surface area (Å²) in [5.74, 6) is 0. The van der Waals surface area contributed by atoms with E-state index in [1.54, 1.807) is 0 Å². The summed E-state index contributed by atoms with van der Waals surface area (Å²) in [5, 5.41) is 14.0. The molecule has 0 aromatic heterocycles. The molecule has 0 bridgehead atoms. The molecule has 1 radical (unpaired) electrons. The molecule has 9 heavy (non-hydrogen) atoms. The van der Waals surface area contributed by atoms with Gasteiger partial charge in [-0.25, -0.2) is 8.78 Å². The minimum absolute atomic E-state index is 0. The topological polar surface area (TPSA) is 66.5 Å². The summed E-state index contributed by atoms with van der Waals surface area (Å²) in [6.07, 6.45) is -2.41. The highest BCUT2D eigenvalue weighted by Gasteiger charge is 1.95. The van der Waals surface area contributed by atoms with Gasteiger partial charge in [-0.2, -0.15) is 0 Å². The molecule has 0 unspecified atom stereocenters. The Bertz CT molecular complexity index is 48.8. The van der Waals surface area contributed by atoms with Crippen LogP contribution in [0.3, 0.4) is 0 Å². The third-order valence-corrected chi connectivity index (χ3v) is 0.385. The van der Waals surface area contributed by atoms with Gasteiger partial charge in [0.2, 0.25) is 6.43 Å². The molecule has 0 amide bonds. The van der Waals surface area contributed by atoms with Crippen molar-refractivity contribution < 1.29 is 18.8 Å². The monoisotopic (exact) mass is 140 g/mol. The first kappa shape index (κ1) is 11.6. The number of hydrogen-bond donors (Lipinski definition) is 3. The Morgan fingerprint density at radius 1 is 1.44 bits per heavy atom. The molecule has 6 heteroatoms. The average Bonchev–Trinajstić information content (AvgIpc) is 1.67. The smallest absolute Gasteiger partial charge is 0.429 e. The van der Waals surface area contributed by atoms with E-state index in [4.69, 9.17) is 15.8 Å². The highest BCUT2D eigenvalue weighted by Crippen LogP contribution is 1.93. The van der Waals surface area contributed by atoms with Crippen LogP contribution in [-0.4, -0.2) is 30.7 Å². The largest absolute Gasteiger partial charge is 0.482 e. The standard InChI is InChI=1S/C3H7F2N.BH2O2/c4-3(5)1-2-6;2-1-3/h3H,1-2,6H2;2-3H. The zero-order valence-electron chi connectivity index (χ0n) is 4.80. The van der Waals surface area contributed by atoms with Crippen LogP contribution in [0.5, 0.6) is 0 Å². The van der Waals surface area contributed by atoms with Crippen LogP contribution < -0.4 is 5.73 Å². The molecule has 55 valence electrons.